The Morgan fingerprint density at radius 3 is 2.52 bits per heavy atom. The third-order valence-electron chi connectivity index (χ3n) is 4.71. The first kappa shape index (κ1) is 20.2. The zero-order valence-electron chi connectivity index (χ0n) is 16.9. The SMILES string of the molecule is CCC(C(=O)Nc1cccc(Cn2nc(C)cc2C)c1)n1nc([N+](=O)[O-])cc1C. The molecule has 0 bridgehead atoms. The van der Waals surface area contributed by atoms with Crippen LogP contribution >= 0.6 is 0 Å². The van der Waals surface area contributed by atoms with Crippen LogP contribution in [0.5, 0.6) is 0 Å². The number of nitrogens with zero attached hydrogens (tertiary/aromatic N) is 5. The van der Waals surface area contributed by atoms with Gasteiger partial charge in [-0.25, -0.2) is 0 Å². The Morgan fingerprint density at radius 1 is 1.17 bits per heavy atom. The van der Waals surface area contributed by atoms with Gasteiger partial charge in [0.25, 0.3) is 5.91 Å². The number of amides is 1. The molecule has 2 heterocycles. The molecule has 1 aromatic carbocycles. The van der Waals surface area contributed by atoms with Crippen LogP contribution in [-0.2, 0) is 11.3 Å². The summed E-state index contributed by atoms with van der Waals surface area (Å²) in [5, 5.41) is 22.3. The van der Waals surface area contributed by atoms with Crippen molar-refractivity contribution in [3.8, 4) is 0 Å². The summed E-state index contributed by atoms with van der Waals surface area (Å²) < 4.78 is 3.32. The number of benzene rings is 1. The van der Waals surface area contributed by atoms with E-state index in [0.29, 0.717) is 24.3 Å². The molecule has 0 spiro atoms. The van der Waals surface area contributed by atoms with E-state index < -0.39 is 11.0 Å². The highest BCUT2D eigenvalue weighted by Crippen LogP contribution is 2.21. The molecule has 0 radical (unpaired) electrons. The Kier molecular flexibility index (Phi) is 5.76. The highest BCUT2D eigenvalue weighted by Gasteiger charge is 2.27. The zero-order valence-corrected chi connectivity index (χ0v) is 16.9. The van der Waals surface area contributed by atoms with E-state index in [2.05, 4.69) is 15.5 Å². The van der Waals surface area contributed by atoms with Gasteiger partial charge in [-0.05, 0) is 55.9 Å². The Bertz CT molecular complexity index is 1050. The number of carbonyl (C=O) groups is 1. The molecular weight excluding hydrogens is 372 g/mol. The van der Waals surface area contributed by atoms with E-state index in [0.717, 1.165) is 17.0 Å². The number of nitrogens with one attached hydrogen (secondary N) is 1. The Balaban J connectivity index is 1.77. The standard InChI is InChI=1S/C20H24N6O3/c1-5-18(25-15(4)10-19(23-25)26(28)29)20(27)21-17-8-6-7-16(11-17)12-24-14(3)9-13(2)22-24/h6-11,18H,5,12H2,1-4H3,(H,21,27). The molecule has 0 aliphatic carbocycles. The molecule has 3 aromatic rings. The second kappa shape index (κ2) is 8.26. The van der Waals surface area contributed by atoms with Crippen LogP contribution in [0.3, 0.4) is 0 Å². The number of aromatic nitrogens is 4. The first-order valence-corrected chi connectivity index (χ1v) is 9.40. The fourth-order valence-corrected chi connectivity index (χ4v) is 3.33. The predicted molar refractivity (Wildman–Crippen MR) is 109 cm³/mol. The van der Waals surface area contributed by atoms with Crippen molar-refractivity contribution in [1.82, 2.24) is 19.6 Å². The van der Waals surface area contributed by atoms with Gasteiger partial charge in [0.05, 0.1) is 29.1 Å². The van der Waals surface area contributed by atoms with Gasteiger partial charge in [-0.3, -0.25) is 9.48 Å². The van der Waals surface area contributed by atoms with Crippen LogP contribution in [-0.4, -0.2) is 30.4 Å². The second-order valence-corrected chi connectivity index (χ2v) is 7.04. The van der Waals surface area contributed by atoms with Gasteiger partial charge in [0, 0.05) is 11.4 Å². The van der Waals surface area contributed by atoms with Crippen LogP contribution in [0, 0.1) is 30.9 Å². The van der Waals surface area contributed by atoms with E-state index in [1.165, 1.54) is 10.7 Å². The van der Waals surface area contributed by atoms with E-state index in [1.807, 2.05) is 55.8 Å². The highest BCUT2D eigenvalue weighted by atomic mass is 16.6. The van der Waals surface area contributed by atoms with Crippen LogP contribution in [0.2, 0.25) is 0 Å². The van der Waals surface area contributed by atoms with Gasteiger partial charge in [0.2, 0.25) is 0 Å². The minimum atomic E-state index is -0.636. The summed E-state index contributed by atoms with van der Waals surface area (Å²) in [5.41, 5.74) is 4.26. The van der Waals surface area contributed by atoms with Gasteiger partial charge in [-0.15, -0.1) is 0 Å². The van der Waals surface area contributed by atoms with Crippen molar-refractivity contribution >= 4 is 17.4 Å². The molecule has 2 aromatic heterocycles. The van der Waals surface area contributed by atoms with E-state index in [4.69, 9.17) is 0 Å². The third kappa shape index (κ3) is 4.50. The maximum Gasteiger partial charge on any atom is 0.390 e. The molecule has 0 fully saturated rings. The van der Waals surface area contributed by atoms with Gasteiger partial charge in [0.15, 0.2) is 6.04 Å². The first-order chi connectivity index (χ1) is 13.8. The van der Waals surface area contributed by atoms with Crippen LogP contribution in [0.25, 0.3) is 0 Å². The first-order valence-electron chi connectivity index (χ1n) is 9.40. The van der Waals surface area contributed by atoms with Crippen molar-refractivity contribution in [2.75, 3.05) is 5.32 Å². The van der Waals surface area contributed by atoms with Crippen molar-refractivity contribution < 1.29 is 9.72 Å². The average molecular weight is 396 g/mol. The van der Waals surface area contributed by atoms with Gasteiger partial charge < -0.3 is 15.4 Å². The zero-order chi connectivity index (χ0) is 21.1. The van der Waals surface area contributed by atoms with E-state index in [1.54, 1.807) is 6.92 Å². The van der Waals surface area contributed by atoms with E-state index in [-0.39, 0.29) is 11.7 Å². The van der Waals surface area contributed by atoms with Crippen LogP contribution in [0.1, 0.15) is 42.0 Å². The quantitative estimate of drug-likeness (QED) is 0.485. The lowest BCUT2D eigenvalue weighted by molar-refractivity contribution is -0.389. The number of aryl methyl sites for hydroxylation is 3. The second-order valence-electron chi connectivity index (χ2n) is 7.04. The summed E-state index contributed by atoms with van der Waals surface area (Å²) in [4.78, 5) is 23.3. The lowest BCUT2D eigenvalue weighted by atomic mass is 10.1. The smallest absolute Gasteiger partial charge is 0.358 e. The topological polar surface area (TPSA) is 108 Å². The summed E-state index contributed by atoms with van der Waals surface area (Å²) >= 11 is 0. The lowest BCUT2D eigenvalue weighted by Crippen LogP contribution is -2.27. The summed E-state index contributed by atoms with van der Waals surface area (Å²) in [5.74, 6) is -0.530. The highest BCUT2D eigenvalue weighted by molar-refractivity contribution is 5.93. The van der Waals surface area contributed by atoms with Crippen molar-refractivity contribution in [2.24, 2.45) is 0 Å². The molecule has 1 unspecified atom stereocenters. The Hall–Kier alpha value is -3.49. The molecule has 1 N–H and O–H groups in total. The molecule has 0 aliphatic heterocycles. The molecule has 152 valence electrons. The molecule has 9 heteroatoms. The Morgan fingerprint density at radius 2 is 1.93 bits per heavy atom. The van der Waals surface area contributed by atoms with Crippen molar-refractivity contribution in [3.05, 3.63) is 69.2 Å². The average Bonchev–Trinajstić information content (AvgIpc) is 3.18. The van der Waals surface area contributed by atoms with Crippen LogP contribution in [0.15, 0.2) is 36.4 Å². The molecule has 3 rings (SSSR count). The molecule has 1 amide bonds. The minimum Gasteiger partial charge on any atom is -0.358 e. The number of nitro groups is 1. The summed E-state index contributed by atoms with van der Waals surface area (Å²) in [7, 11) is 0. The summed E-state index contributed by atoms with van der Waals surface area (Å²) in [6.45, 7) is 8.10. The Labute approximate surface area is 168 Å². The number of anilines is 1. The largest absolute Gasteiger partial charge is 0.390 e. The molecular formula is C20H24N6O3. The van der Waals surface area contributed by atoms with E-state index >= 15 is 0 Å². The normalized spacial score (nSPS) is 12.0. The lowest BCUT2D eigenvalue weighted by Gasteiger charge is -2.15. The number of hydrogen-bond acceptors (Lipinski definition) is 5. The van der Waals surface area contributed by atoms with Gasteiger partial charge in [-0.1, -0.05) is 19.1 Å². The summed E-state index contributed by atoms with van der Waals surface area (Å²) in [6, 6.07) is 10.3. The fourth-order valence-electron chi connectivity index (χ4n) is 3.33. The van der Waals surface area contributed by atoms with Crippen molar-refractivity contribution in [1.29, 1.82) is 0 Å². The predicted octanol–water partition coefficient (Wildman–Crippen LogP) is 3.55. The fraction of sp³-hybridized carbons (Fsp3) is 0.350. The molecule has 0 aliphatic rings. The number of rotatable bonds is 7. The van der Waals surface area contributed by atoms with Gasteiger partial charge in [0.1, 0.15) is 0 Å². The van der Waals surface area contributed by atoms with Crippen LogP contribution < -0.4 is 5.32 Å². The molecule has 1 atom stereocenters. The number of hydrogen-bond donors (Lipinski definition) is 1. The van der Waals surface area contributed by atoms with Gasteiger partial charge in [-0.2, -0.15) is 9.78 Å². The maximum absolute atomic E-state index is 12.8. The molecule has 9 nitrogen and oxygen atoms in total. The van der Waals surface area contributed by atoms with Gasteiger partial charge >= 0.3 is 5.82 Å². The summed E-state index contributed by atoms with van der Waals surface area (Å²) in [6.07, 6.45) is 0.455. The van der Waals surface area contributed by atoms with Crippen molar-refractivity contribution in [2.45, 2.75) is 46.7 Å². The number of carbonyl (C=O) groups excluding carboxylic acids is 1. The molecule has 0 saturated heterocycles. The molecule has 0 saturated carbocycles. The molecule has 29 heavy (non-hydrogen) atoms. The van der Waals surface area contributed by atoms with Crippen molar-refractivity contribution in [3.63, 3.8) is 0 Å². The maximum atomic E-state index is 12.8. The monoisotopic (exact) mass is 396 g/mol. The minimum absolute atomic E-state index is 0.263. The van der Waals surface area contributed by atoms with Crippen LogP contribution in [0.4, 0.5) is 11.5 Å². The van der Waals surface area contributed by atoms with E-state index in [9.17, 15) is 14.9 Å². The third-order valence-corrected chi connectivity index (χ3v) is 4.71.